The summed E-state index contributed by atoms with van der Waals surface area (Å²) in [4.78, 5) is 2.62. The Labute approximate surface area is 97.9 Å². The summed E-state index contributed by atoms with van der Waals surface area (Å²) in [6.45, 7) is 3.97. The molecule has 0 bridgehead atoms. The van der Waals surface area contributed by atoms with Crippen molar-refractivity contribution in [3.05, 3.63) is 0 Å². The molecule has 5 nitrogen and oxygen atoms in total. The second-order valence-corrected chi connectivity index (χ2v) is 6.34. The molecule has 0 spiro atoms. The Morgan fingerprint density at radius 3 is 2.38 bits per heavy atom. The van der Waals surface area contributed by atoms with Gasteiger partial charge in [0.2, 0.25) is 10.0 Å². The number of aliphatic hydroxyl groups excluding tert-OH is 1. The van der Waals surface area contributed by atoms with Gasteiger partial charge in [0.25, 0.3) is 0 Å². The zero-order valence-corrected chi connectivity index (χ0v) is 10.8. The topological polar surface area (TPSA) is 69.6 Å². The first-order valence-corrected chi connectivity index (χ1v) is 7.51. The Balaban J connectivity index is 2.56. The van der Waals surface area contributed by atoms with E-state index >= 15 is 0 Å². The van der Waals surface area contributed by atoms with Crippen LogP contribution >= 0.6 is 0 Å². The summed E-state index contributed by atoms with van der Waals surface area (Å²) in [6, 6.07) is 0.486. The number of nitrogens with one attached hydrogen (secondary N) is 1. The van der Waals surface area contributed by atoms with Crippen molar-refractivity contribution in [2.24, 2.45) is 0 Å². The molecule has 1 fully saturated rings. The number of sulfonamides is 1. The lowest BCUT2D eigenvalue weighted by atomic mass is 10.0. The lowest BCUT2D eigenvalue weighted by Gasteiger charge is -2.38. The molecule has 1 saturated heterocycles. The molecule has 0 radical (unpaired) electrons. The summed E-state index contributed by atoms with van der Waals surface area (Å²) in [5.41, 5.74) is 0. The predicted octanol–water partition coefficient (Wildman–Crippen LogP) is 0.466. The lowest BCUT2D eigenvalue weighted by molar-refractivity contribution is 0.0790. The fourth-order valence-electron chi connectivity index (χ4n) is 2.06. The van der Waals surface area contributed by atoms with Crippen LogP contribution in [0.1, 0.15) is 39.5 Å². The Morgan fingerprint density at radius 2 is 1.88 bits per heavy atom. The third-order valence-electron chi connectivity index (χ3n) is 3.01. The molecular weight excluding hydrogens is 228 g/mol. The van der Waals surface area contributed by atoms with Crippen LogP contribution in [0.2, 0.25) is 0 Å². The predicted molar refractivity (Wildman–Crippen MR) is 63.2 cm³/mol. The highest BCUT2D eigenvalue weighted by Crippen LogP contribution is 2.20. The van der Waals surface area contributed by atoms with Crippen LogP contribution < -0.4 is 4.83 Å². The molecule has 2 unspecified atom stereocenters. The fraction of sp³-hybridized carbons (Fsp3) is 1.00. The molecule has 2 atom stereocenters. The van der Waals surface area contributed by atoms with Gasteiger partial charge in [0.15, 0.2) is 0 Å². The summed E-state index contributed by atoms with van der Waals surface area (Å²) in [6.07, 6.45) is 3.48. The van der Waals surface area contributed by atoms with E-state index in [0.717, 1.165) is 19.3 Å². The SMILES string of the molecule is CC1CCCC(C)N1NS(=O)(=O)CCCO. The summed E-state index contributed by atoms with van der Waals surface area (Å²) in [5.74, 6) is -0.0144. The van der Waals surface area contributed by atoms with Gasteiger partial charge in [-0.3, -0.25) is 0 Å². The van der Waals surface area contributed by atoms with E-state index in [-0.39, 0.29) is 30.9 Å². The highest BCUT2D eigenvalue weighted by Gasteiger charge is 2.27. The molecule has 0 aromatic carbocycles. The first-order chi connectivity index (χ1) is 7.46. The van der Waals surface area contributed by atoms with Gasteiger partial charge in [-0.1, -0.05) is 6.42 Å². The molecular formula is C10H22N2O3S. The van der Waals surface area contributed by atoms with Crippen LogP contribution in [0.15, 0.2) is 0 Å². The molecule has 0 aromatic rings. The first kappa shape index (κ1) is 13.9. The maximum Gasteiger partial charge on any atom is 0.224 e. The molecule has 1 heterocycles. The molecule has 0 amide bonds. The van der Waals surface area contributed by atoms with E-state index in [9.17, 15) is 8.42 Å². The average molecular weight is 250 g/mol. The van der Waals surface area contributed by atoms with Gasteiger partial charge in [-0.05, 0) is 33.1 Å². The monoisotopic (exact) mass is 250 g/mol. The quantitative estimate of drug-likeness (QED) is 0.744. The second-order valence-electron chi connectivity index (χ2n) is 4.52. The Kier molecular flexibility index (Phi) is 5.17. The van der Waals surface area contributed by atoms with Gasteiger partial charge in [-0.2, -0.15) is 0 Å². The van der Waals surface area contributed by atoms with E-state index in [1.54, 1.807) is 0 Å². The second kappa shape index (κ2) is 5.95. The van der Waals surface area contributed by atoms with Crippen molar-refractivity contribution in [1.82, 2.24) is 9.84 Å². The maximum absolute atomic E-state index is 11.7. The van der Waals surface area contributed by atoms with Crippen molar-refractivity contribution in [3.63, 3.8) is 0 Å². The van der Waals surface area contributed by atoms with E-state index in [4.69, 9.17) is 5.11 Å². The summed E-state index contributed by atoms with van der Waals surface area (Å²) in [5, 5.41) is 10.5. The van der Waals surface area contributed by atoms with Crippen LogP contribution in [0.25, 0.3) is 0 Å². The van der Waals surface area contributed by atoms with Gasteiger partial charge in [0.1, 0.15) is 0 Å². The standard InChI is InChI=1S/C10H22N2O3S/c1-9-5-3-6-10(2)12(9)11-16(14,15)8-4-7-13/h9-11,13H,3-8H2,1-2H3. The summed E-state index contributed by atoms with van der Waals surface area (Å²) < 4.78 is 23.4. The van der Waals surface area contributed by atoms with Gasteiger partial charge >= 0.3 is 0 Å². The smallest absolute Gasteiger partial charge is 0.224 e. The zero-order chi connectivity index (χ0) is 12.2. The van der Waals surface area contributed by atoms with Crippen molar-refractivity contribution >= 4 is 10.0 Å². The molecule has 2 N–H and O–H groups in total. The van der Waals surface area contributed by atoms with E-state index in [1.807, 2.05) is 18.9 Å². The maximum atomic E-state index is 11.7. The molecule has 0 aliphatic carbocycles. The van der Waals surface area contributed by atoms with Crippen molar-refractivity contribution in [3.8, 4) is 0 Å². The fourth-order valence-corrected chi connectivity index (χ4v) is 3.34. The number of piperidine rings is 1. The van der Waals surface area contributed by atoms with Crippen LogP contribution in [0.4, 0.5) is 0 Å². The van der Waals surface area contributed by atoms with Crippen molar-refractivity contribution in [2.45, 2.75) is 51.6 Å². The van der Waals surface area contributed by atoms with Gasteiger partial charge < -0.3 is 5.11 Å². The Morgan fingerprint density at radius 1 is 1.31 bits per heavy atom. The van der Waals surface area contributed by atoms with Crippen LogP contribution in [0.3, 0.4) is 0 Å². The molecule has 96 valence electrons. The molecule has 1 aliphatic rings. The highest BCUT2D eigenvalue weighted by molar-refractivity contribution is 7.89. The van der Waals surface area contributed by atoms with Gasteiger partial charge in [-0.25, -0.2) is 13.4 Å². The molecule has 0 aromatic heterocycles. The van der Waals surface area contributed by atoms with Crippen LogP contribution in [-0.2, 0) is 10.0 Å². The average Bonchev–Trinajstić information content (AvgIpc) is 2.21. The van der Waals surface area contributed by atoms with E-state index < -0.39 is 10.0 Å². The number of hydrazine groups is 1. The summed E-state index contributed by atoms with van der Waals surface area (Å²) >= 11 is 0. The molecule has 1 rings (SSSR count). The minimum absolute atomic E-state index is 0.0144. The molecule has 16 heavy (non-hydrogen) atoms. The minimum Gasteiger partial charge on any atom is -0.396 e. The third kappa shape index (κ3) is 4.01. The van der Waals surface area contributed by atoms with Gasteiger partial charge in [-0.15, -0.1) is 4.83 Å². The lowest BCUT2D eigenvalue weighted by Crippen LogP contribution is -2.54. The zero-order valence-electron chi connectivity index (χ0n) is 10.0. The van der Waals surface area contributed by atoms with Crippen LogP contribution in [0, 0.1) is 0 Å². The number of hydrogen-bond donors (Lipinski definition) is 2. The van der Waals surface area contributed by atoms with Gasteiger partial charge in [0, 0.05) is 18.7 Å². The minimum atomic E-state index is -3.29. The van der Waals surface area contributed by atoms with Crippen LogP contribution in [0.5, 0.6) is 0 Å². The number of nitrogens with zero attached hydrogens (tertiary/aromatic N) is 1. The normalized spacial score (nSPS) is 28.2. The summed E-state index contributed by atoms with van der Waals surface area (Å²) in [7, 11) is -3.29. The Hall–Kier alpha value is -0.170. The third-order valence-corrected chi connectivity index (χ3v) is 4.32. The number of hydrogen-bond acceptors (Lipinski definition) is 4. The largest absolute Gasteiger partial charge is 0.396 e. The van der Waals surface area contributed by atoms with Crippen LogP contribution in [-0.4, -0.2) is 43.0 Å². The highest BCUT2D eigenvalue weighted by atomic mass is 32.2. The van der Waals surface area contributed by atoms with Crippen molar-refractivity contribution < 1.29 is 13.5 Å². The van der Waals surface area contributed by atoms with E-state index in [2.05, 4.69) is 4.83 Å². The molecule has 1 aliphatic heterocycles. The van der Waals surface area contributed by atoms with Crippen molar-refractivity contribution in [1.29, 1.82) is 0 Å². The molecule has 6 heteroatoms. The van der Waals surface area contributed by atoms with E-state index in [0.29, 0.717) is 0 Å². The number of rotatable bonds is 5. The van der Waals surface area contributed by atoms with Gasteiger partial charge in [0.05, 0.1) is 5.75 Å². The first-order valence-electron chi connectivity index (χ1n) is 5.85. The number of aliphatic hydroxyl groups is 1. The van der Waals surface area contributed by atoms with E-state index in [1.165, 1.54) is 0 Å². The van der Waals surface area contributed by atoms with Crippen molar-refractivity contribution in [2.75, 3.05) is 12.4 Å². The Bertz CT molecular complexity index is 295. The molecule has 0 saturated carbocycles.